The molecule has 2 amide bonds. The number of anilines is 2. The molecule has 0 radical (unpaired) electrons. The highest BCUT2D eigenvalue weighted by atomic mass is 16.5. The van der Waals surface area contributed by atoms with E-state index in [9.17, 15) is 14.4 Å². The lowest BCUT2D eigenvalue weighted by Gasteiger charge is -2.55. The highest BCUT2D eigenvalue weighted by Crippen LogP contribution is 2.60. The van der Waals surface area contributed by atoms with Crippen molar-refractivity contribution in [2.24, 2.45) is 23.2 Å². The van der Waals surface area contributed by atoms with Crippen LogP contribution >= 0.6 is 0 Å². The van der Waals surface area contributed by atoms with Crippen molar-refractivity contribution in [3.63, 3.8) is 0 Å². The van der Waals surface area contributed by atoms with Crippen LogP contribution in [0, 0.1) is 23.2 Å². The van der Waals surface area contributed by atoms with Gasteiger partial charge in [-0.25, -0.2) is 0 Å². The van der Waals surface area contributed by atoms with Crippen molar-refractivity contribution in [3.8, 4) is 0 Å². The van der Waals surface area contributed by atoms with Gasteiger partial charge in [-0.2, -0.15) is 0 Å². The largest absolute Gasteiger partial charge is 0.455 e. The van der Waals surface area contributed by atoms with Crippen LogP contribution in [0.15, 0.2) is 24.3 Å². The number of hydrogen-bond donors (Lipinski definition) is 1. The Kier molecular flexibility index (Phi) is 4.41. The molecule has 1 aromatic rings. The molecular formula is C23H28N2O4. The van der Waals surface area contributed by atoms with Gasteiger partial charge in [0, 0.05) is 12.5 Å². The number of fused-ring (bicyclic) bond motifs is 1. The van der Waals surface area contributed by atoms with E-state index < -0.39 is 0 Å². The van der Waals surface area contributed by atoms with Crippen molar-refractivity contribution in [1.29, 1.82) is 0 Å². The number of para-hydroxylation sites is 2. The summed E-state index contributed by atoms with van der Waals surface area (Å²) >= 11 is 0. The summed E-state index contributed by atoms with van der Waals surface area (Å²) in [4.78, 5) is 39.9. The maximum atomic E-state index is 13.1. The molecule has 1 atom stereocenters. The van der Waals surface area contributed by atoms with Gasteiger partial charge < -0.3 is 15.0 Å². The number of carbonyl (C=O) groups is 3. The summed E-state index contributed by atoms with van der Waals surface area (Å²) in [5.74, 6) is 1.37. The molecule has 0 aromatic heterocycles. The van der Waals surface area contributed by atoms with Gasteiger partial charge >= 0.3 is 5.97 Å². The molecule has 6 rings (SSSR count). The number of benzene rings is 1. The monoisotopic (exact) mass is 396 g/mol. The van der Waals surface area contributed by atoms with Crippen LogP contribution in [0.1, 0.15) is 51.9 Å². The van der Waals surface area contributed by atoms with E-state index in [1.807, 2.05) is 25.1 Å². The molecule has 1 heterocycles. The fourth-order valence-corrected chi connectivity index (χ4v) is 6.68. The van der Waals surface area contributed by atoms with Gasteiger partial charge in [-0.15, -0.1) is 0 Å². The normalized spacial score (nSPS) is 34.9. The third-order valence-electron chi connectivity index (χ3n) is 7.43. The molecule has 6 heteroatoms. The van der Waals surface area contributed by atoms with Crippen molar-refractivity contribution in [2.75, 3.05) is 16.8 Å². The Balaban J connectivity index is 1.31. The summed E-state index contributed by atoms with van der Waals surface area (Å²) in [6.45, 7) is 1.58. The molecule has 0 saturated heterocycles. The summed E-state index contributed by atoms with van der Waals surface area (Å²) in [6, 6.07) is 6.96. The summed E-state index contributed by atoms with van der Waals surface area (Å²) in [5, 5.41) is 2.85. The van der Waals surface area contributed by atoms with E-state index in [0.717, 1.165) is 19.3 Å². The minimum atomic E-state index is -0.366. The van der Waals surface area contributed by atoms with Gasteiger partial charge in [0.05, 0.1) is 16.8 Å². The van der Waals surface area contributed by atoms with Crippen LogP contribution in [0.5, 0.6) is 0 Å². The Hall–Kier alpha value is -2.37. The average molecular weight is 396 g/mol. The van der Waals surface area contributed by atoms with Crippen LogP contribution < -0.4 is 10.2 Å². The first-order valence-electron chi connectivity index (χ1n) is 10.8. The van der Waals surface area contributed by atoms with E-state index >= 15 is 0 Å². The van der Waals surface area contributed by atoms with Crippen molar-refractivity contribution in [3.05, 3.63) is 24.3 Å². The number of nitrogens with zero attached hydrogens (tertiary/aromatic N) is 1. The van der Waals surface area contributed by atoms with Gasteiger partial charge in [0.1, 0.15) is 0 Å². The summed E-state index contributed by atoms with van der Waals surface area (Å²) in [5.41, 5.74) is 0.902. The molecule has 4 saturated carbocycles. The number of rotatable bonds is 3. The van der Waals surface area contributed by atoms with Gasteiger partial charge in [-0.05, 0) is 75.3 Å². The molecule has 4 aliphatic carbocycles. The maximum absolute atomic E-state index is 13.1. The summed E-state index contributed by atoms with van der Waals surface area (Å²) < 4.78 is 5.64. The van der Waals surface area contributed by atoms with E-state index in [4.69, 9.17) is 4.74 Å². The summed E-state index contributed by atoms with van der Waals surface area (Å²) in [7, 11) is 0. The Labute approximate surface area is 171 Å². The molecule has 1 aromatic carbocycles. The minimum absolute atomic E-state index is 0.120. The predicted molar refractivity (Wildman–Crippen MR) is 108 cm³/mol. The highest BCUT2D eigenvalue weighted by Gasteiger charge is 2.55. The molecule has 154 valence electrons. The Morgan fingerprint density at radius 1 is 1.10 bits per heavy atom. The number of esters is 1. The van der Waals surface area contributed by atoms with Gasteiger partial charge in [-0.3, -0.25) is 14.4 Å². The topological polar surface area (TPSA) is 75.7 Å². The van der Waals surface area contributed by atoms with E-state index in [2.05, 4.69) is 5.32 Å². The van der Waals surface area contributed by atoms with Crippen LogP contribution in [-0.2, 0) is 19.1 Å². The highest BCUT2D eigenvalue weighted by molar-refractivity contribution is 6.05. The molecule has 6 nitrogen and oxygen atoms in total. The number of ether oxygens (including phenoxy) is 1. The fourth-order valence-electron chi connectivity index (χ4n) is 6.68. The van der Waals surface area contributed by atoms with Crippen molar-refractivity contribution in [2.45, 2.75) is 57.9 Å². The molecule has 1 unspecified atom stereocenters. The Morgan fingerprint density at radius 3 is 2.38 bits per heavy atom. The standard InChI is InChI=1S/C23H28N2O4/c1-14-6-20(26)24-18-4-2-3-5-19(18)25(14)21(27)13-29-22(28)23-10-15-7-16(11-23)9-17(8-15)12-23/h2-5,14-17H,6-13H2,1H3,(H,24,26). The van der Waals surface area contributed by atoms with Crippen LogP contribution in [0.25, 0.3) is 0 Å². The van der Waals surface area contributed by atoms with Gasteiger partial charge in [-0.1, -0.05) is 12.1 Å². The van der Waals surface area contributed by atoms with E-state index in [-0.39, 0.29) is 42.3 Å². The van der Waals surface area contributed by atoms with Crippen LogP contribution in [0.4, 0.5) is 11.4 Å². The second-order valence-electron chi connectivity index (χ2n) is 9.66. The molecular weight excluding hydrogens is 368 g/mol. The molecule has 5 aliphatic rings. The van der Waals surface area contributed by atoms with Crippen LogP contribution in [0.3, 0.4) is 0 Å². The number of carbonyl (C=O) groups excluding carboxylic acids is 3. The molecule has 0 spiro atoms. The summed E-state index contributed by atoms with van der Waals surface area (Å²) in [6.07, 6.45) is 6.76. The van der Waals surface area contributed by atoms with Gasteiger partial charge in [0.2, 0.25) is 5.91 Å². The van der Waals surface area contributed by atoms with Gasteiger partial charge in [0.15, 0.2) is 6.61 Å². The van der Waals surface area contributed by atoms with E-state index in [1.165, 1.54) is 19.3 Å². The number of nitrogens with one attached hydrogen (secondary N) is 1. The second-order valence-corrected chi connectivity index (χ2v) is 9.66. The zero-order chi connectivity index (χ0) is 20.2. The first kappa shape index (κ1) is 18.6. The molecule has 29 heavy (non-hydrogen) atoms. The minimum Gasteiger partial charge on any atom is -0.455 e. The molecule has 1 aliphatic heterocycles. The lowest BCUT2D eigenvalue weighted by Crippen LogP contribution is -2.51. The Morgan fingerprint density at radius 2 is 1.72 bits per heavy atom. The predicted octanol–water partition coefficient (Wildman–Crippen LogP) is 3.51. The van der Waals surface area contributed by atoms with Crippen LogP contribution in [-0.4, -0.2) is 30.4 Å². The zero-order valence-electron chi connectivity index (χ0n) is 16.9. The third-order valence-corrected chi connectivity index (χ3v) is 7.43. The van der Waals surface area contributed by atoms with Crippen molar-refractivity contribution < 1.29 is 19.1 Å². The second kappa shape index (κ2) is 6.85. The van der Waals surface area contributed by atoms with Gasteiger partial charge in [0.25, 0.3) is 5.91 Å². The van der Waals surface area contributed by atoms with E-state index in [0.29, 0.717) is 29.1 Å². The zero-order valence-corrected chi connectivity index (χ0v) is 16.9. The smallest absolute Gasteiger partial charge is 0.312 e. The third kappa shape index (κ3) is 3.22. The molecule has 4 bridgehead atoms. The average Bonchev–Trinajstić information content (AvgIpc) is 2.79. The lowest BCUT2D eigenvalue weighted by molar-refractivity contribution is -0.173. The van der Waals surface area contributed by atoms with E-state index in [1.54, 1.807) is 11.0 Å². The Bertz CT molecular complexity index is 829. The first-order chi connectivity index (χ1) is 13.9. The van der Waals surface area contributed by atoms with Crippen molar-refractivity contribution in [1.82, 2.24) is 0 Å². The molecule has 1 N–H and O–H groups in total. The van der Waals surface area contributed by atoms with Crippen LogP contribution in [0.2, 0.25) is 0 Å². The maximum Gasteiger partial charge on any atom is 0.312 e. The fraction of sp³-hybridized carbons (Fsp3) is 0.609. The quantitative estimate of drug-likeness (QED) is 0.794. The SMILES string of the molecule is CC1CC(=O)Nc2ccccc2N1C(=O)COC(=O)C12CC3CC(CC(C3)C1)C2. The molecule has 4 fully saturated rings. The lowest BCUT2D eigenvalue weighted by atomic mass is 9.49. The number of hydrogen-bond acceptors (Lipinski definition) is 4. The number of amides is 2. The van der Waals surface area contributed by atoms with Crippen molar-refractivity contribution >= 4 is 29.2 Å². The first-order valence-corrected chi connectivity index (χ1v) is 10.8.